The summed E-state index contributed by atoms with van der Waals surface area (Å²) in [6.45, 7) is 1.69. The summed E-state index contributed by atoms with van der Waals surface area (Å²) in [7, 11) is 0. The van der Waals surface area contributed by atoms with E-state index in [-0.39, 0.29) is 0 Å². The van der Waals surface area contributed by atoms with Gasteiger partial charge in [0.25, 0.3) is 0 Å². The van der Waals surface area contributed by atoms with Gasteiger partial charge < -0.3 is 9.67 Å². The van der Waals surface area contributed by atoms with Gasteiger partial charge in [0, 0.05) is 16.7 Å². The molecule has 0 saturated carbocycles. The van der Waals surface area contributed by atoms with Crippen LogP contribution >= 0.6 is 0 Å². The molecule has 28 heavy (non-hydrogen) atoms. The van der Waals surface area contributed by atoms with Crippen LogP contribution in [-0.4, -0.2) is 20.6 Å². The van der Waals surface area contributed by atoms with Gasteiger partial charge in [-0.25, -0.2) is 9.78 Å². The van der Waals surface area contributed by atoms with Crippen molar-refractivity contribution in [3.63, 3.8) is 0 Å². The summed E-state index contributed by atoms with van der Waals surface area (Å²) < 4.78 is 1.83. The van der Waals surface area contributed by atoms with Crippen LogP contribution in [-0.2, 0) is 4.79 Å². The Bertz CT molecular complexity index is 1090. The number of aliphatic carboxylic acids is 1. The zero-order valence-corrected chi connectivity index (χ0v) is 15.5. The maximum Gasteiger partial charge on any atom is 0.326 e. The summed E-state index contributed by atoms with van der Waals surface area (Å²) in [6.07, 6.45) is 0. The summed E-state index contributed by atoms with van der Waals surface area (Å²) in [5, 5.41) is 9.81. The fraction of sp³-hybridized carbons (Fsp3) is 0.0833. The molecule has 0 spiro atoms. The molecule has 1 atom stereocenters. The Balaban J connectivity index is 2.08. The number of hydrogen-bond donors (Lipinski definition) is 1. The van der Waals surface area contributed by atoms with Crippen LogP contribution in [0.2, 0.25) is 0 Å². The average Bonchev–Trinajstić information content (AvgIpc) is 3.15. The van der Waals surface area contributed by atoms with Gasteiger partial charge in [0.1, 0.15) is 11.9 Å². The topological polar surface area (TPSA) is 55.1 Å². The highest BCUT2D eigenvalue weighted by molar-refractivity contribution is 5.84. The monoisotopic (exact) mass is 368 g/mol. The first-order chi connectivity index (χ1) is 13.7. The van der Waals surface area contributed by atoms with E-state index in [9.17, 15) is 9.90 Å². The van der Waals surface area contributed by atoms with Gasteiger partial charge in [0.2, 0.25) is 0 Å². The van der Waals surface area contributed by atoms with E-state index in [1.165, 1.54) is 0 Å². The quantitative estimate of drug-likeness (QED) is 0.504. The van der Waals surface area contributed by atoms with Crippen molar-refractivity contribution in [1.29, 1.82) is 0 Å². The number of imidazole rings is 1. The van der Waals surface area contributed by atoms with Crippen molar-refractivity contribution < 1.29 is 9.90 Å². The normalized spacial score (nSPS) is 11.9. The first-order valence-electron chi connectivity index (χ1n) is 9.18. The molecular formula is C24H20N2O2. The van der Waals surface area contributed by atoms with E-state index in [2.05, 4.69) is 0 Å². The second kappa shape index (κ2) is 7.53. The van der Waals surface area contributed by atoms with Crippen molar-refractivity contribution in [2.75, 3.05) is 0 Å². The van der Waals surface area contributed by atoms with Crippen LogP contribution in [0.5, 0.6) is 0 Å². The Kier molecular flexibility index (Phi) is 4.77. The Morgan fingerprint density at radius 1 is 0.786 bits per heavy atom. The lowest BCUT2D eigenvalue weighted by atomic mass is 10.0. The van der Waals surface area contributed by atoms with Gasteiger partial charge in [-0.1, -0.05) is 91.0 Å². The molecule has 0 saturated heterocycles. The van der Waals surface area contributed by atoms with Crippen molar-refractivity contribution in [2.45, 2.75) is 13.0 Å². The predicted octanol–water partition coefficient (Wildman–Crippen LogP) is 5.53. The van der Waals surface area contributed by atoms with E-state index < -0.39 is 12.0 Å². The van der Waals surface area contributed by atoms with Crippen LogP contribution in [0.1, 0.15) is 13.0 Å². The largest absolute Gasteiger partial charge is 0.480 e. The molecule has 1 heterocycles. The van der Waals surface area contributed by atoms with Crippen LogP contribution in [0.15, 0.2) is 91.0 Å². The maximum atomic E-state index is 12.0. The lowest BCUT2D eigenvalue weighted by molar-refractivity contribution is -0.140. The molecule has 0 aliphatic carbocycles. The van der Waals surface area contributed by atoms with Crippen molar-refractivity contribution in [3.8, 4) is 33.9 Å². The molecule has 1 aromatic heterocycles. The highest BCUT2D eigenvalue weighted by atomic mass is 16.4. The van der Waals surface area contributed by atoms with Crippen LogP contribution in [0.25, 0.3) is 33.9 Å². The molecule has 4 aromatic rings. The highest BCUT2D eigenvalue weighted by Gasteiger charge is 2.27. The summed E-state index contributed by atoms with van der Waals surface area (Å²) in [5.41, 5.74) is 4.35. The number of carbonyl (C=O) groups is 1. The molecule has 0 radical (unpaired) electrons. The smallest absolute Gasteiger partial charge is 0.326 e. The van der Waals surface area contributed by atoms with Gasteiger partial charge in [-0.3, -0.25) is 0 Å². The van der Waals surface area contributed by atoms with Crippen molar-refractivity contribution in [2.24, 2.45) is 0 Å². The summed E-state index contributed by atoms with van der Waals surface area (Å²) >= 11 is 0. The van der Waals surface area contributed by atoms with Gasteiger partial charge in [0.15, 0.2) is 0 Å². The molecule has 3 aromatic carbocycles. The van der Waals surface area contributed by atoms with Crippen LogP contribution in [0.4, 0.5) is 0 Å². The molecular weight excluding hydrogens is 348 g/mol. The first-order valence-corrected chi connectivity index (χ1v) is 9.18. The molecule has 0 amide bonds. The van der Waals surface area contributed by atoms with Gasteiger partial charge in [-0.15, -0.1) is 0 Å². The SMILES string of the molecule is CC(C(=O)O)n1c(-c2ccccc2)nc(-c2ccccc2)c1-c1ccccc1. The molecule has 4 heteroatoms. The molecule has 4 nitrogen and oxygen atoms in total. The van der Waals surface area contributed by atoms with Gasteiger partial charge in [0.05, 0.1) is 11.4 Å². The third-order valence-corrected chi connectivity index (χ3v) is 4.78. The fourth-order valence-corrected chi connectivity index (χ4v) is 3.38. The van der Waals surface area contributed by atoms with Crippen molar-refractivity contribution in [1.82, 2.24) is 9.55 Å². The van der Waals surface area contributed by atoms with Gasteiger partial charge >= 0.3 is 5.97 Å². The van der Waals surface area contributed by atoms with Crippen molar-refractivity contribution in [3.05, 3.63) is 91.0 Å². The van der Waals surface area contributed by atoms with Gasteiger partial charge in [-0.2, -0.15) is 0 Å². The van der Waals surface area contributed by atoms with E-state index in [1.54, 1.807) is 6.92 Å². The van der Waals surface area contributed by atoms with Gasteiger partial charge in [-0.05, 0) is 6.92 Å². The van der Waals surface area contributed by atoms with E-state index in [1.807, 2.05) is 95.6 Å². The standard InChI is InChI=1S/C24H20N2O2/c1-17(24(27)28)26-22(19-13-7-3-8-14-19)21(18-11-5-2-6-12-18)25-23(26)20-15-9-4-10-16-20/h2-17H,1H3,(H,27,28). The molecule has 0 bridgehead atoms. The van der Waals surface area contributed by atoms with E-state index in [4.69, 9.17) is 4.98 Å². The second-order valence-corrected chi connectivity index (χ2v) is 6.61. The number of aromatic nitrogens is 2. The molecule has 1 N–H and O–H groups in total. The van der Waals surface area contributed by atoms with Crippen LogP contribution < -0.4 is 0 Å². The molecule has 0 aliphatic rings. The summed E-state index contributed by atoms with van der Waals surface area (Å²) in [4.78, 5) is 16.9. The van der Waals surface area contributed by atoms with Crippen LogP contribution in [0, 0.1) is 0 Å². The zero-order chi connectivity index (χ0) is 19.5. The minimum absolute atomic E-state index is 0.646. The third-order valence-electron chi connectivity index (χ3n) is 4.78. The van der Waals surface area contributed by atoms with E-state index in [0.717, 1.165) is 28.1 Å². The Morgan fingerprint density at radius 2 is 1.25 bits per heavy atom. The third kappa shape index (κ3) is 3.21. The Labute approximate surface area is 163 Å². The van der Waals surface area contributed by atoms with Crippen LogP contribution in [0.3, 0.4) is 0 Å². The lowest BCUT2D eigenvalue weighted by Crippen LogP contribution is -2.17. The predicted molar refractivity (Wildman–Crippen MR) is 111 cm³/mol. The lowest BCUT2D eigenvalue weighted by Gasteiger charge is -2.17. The Morgan fingerprint density at radius 3 is 1.75 bits per heavy atom. The average molecular weight is 368 g/mol. The number of rotatable bonds is 5. The summed E-state index contributed by atoms with van der Waals surface area (Å²) in [6, 6.07) is 28.7. The molecule has 0 fully saturated rings. The van der Waals surface area contributed by atoms with E-state index >= 15 is 0 Å². The fourth-order valence-electron chi connectivity index (χ4n) is 3.38. The first kappa shape index (κ1) is 17.7. The molecule has 138 valence electrons. The minimum Gasteiger partial charge on any atom is -0.480 e. The Hall–Kier alpha value is -3.66. The molecule has 1 unspecified atom stereocenters. The number of carboxylic acid groups (broad SMARTS) is 1. The van der Waals surface area contributed by atoms with Crippen molar-refractivity contribution >= 4 is 5.97 Å². The number of hydrogen-bond acceptors (Lipinski definition) is 2. The summed E-state index contributed by atoms with van der Waals surface area (Å²) in [5.74, 6) is -0.250. The number of benzene rings is 3. The van der Waals surface area contributed by atoms with E-state index in [0.29, 0.717) is 5.82 Å². The number of nitrogens with zero attached hydrogens (tertiary/aromatic N) is 2. The number of carboxylic acids is 1. The highest BCUT2D eigenvalue weighted by Crippen LogP contribution is 2.38. The maximum absolute atomic E-state index is 12.0. The second-order valence-electron chi connectivity index (χ2n) is 6.61. The zero-order valence-electron chi connectivity index (χ0n) is 15.5. The minimum atomic E-state index is -0.897. The molecule has 4 rings (SSSR count). The molecule has 0 aliphatic heterocycles.